The van der Waals surface area contributed by atoms with Crippen molar-refractivity contribution >= 4 is 11.9 Å². The molecule has 2 heterocycles. The minimum atomic E-state index is -0.431. The molecule has 3 N–H and O–H groups in total. The van der Waals surface area contributed by atoms with E-state index in [1.807, 2.05) is 49.4 Å². The van der Waals surface area contributed by atoms with Crippen LogP contribution in [0.5, 0.6) is 0 Å². The SMILES string of the molecule is Cc1c(C(N)=O)c2n(c1C1C=CC=CC1)CCN(C(=O)NCc1ccccc1)C2. The molecular formula is C23H26N4O2. The number of carbonyl (C=O) groups is 2. The van der Waals surface area contributed by atoms with Crippen LogP contribution in [0.1, 0.15) is 45.2 Å². The topological polar surface area (TPSA) is 80.4 Å². The highest BCUT2D eigenvalue weighted by Crippen LogP contribution is 2.35. The van der Waals surface area contributed by atoms with Crippen LogP contribution >= 0.6 is 0 Å². The van der Waals surface area contributed by atoms with Gasteiger partial charge < -0.3 is 20.5 Å². The summed E-state index contributed by atoms with van der Waals surface area (Å²) in [6.07, 6.45) is 9.29. The number of carbonyl (C=O) groups excluding carboxylic acids is 2. The molecule has 0 bridgehead atoms. The van der Waals surface area contributed by atoms with E-state index in [0.717, 1.165) is 28.9 Å². The second kappa shape index (κ2) is 7.99. The number of amides is 3. The fourth-order valence-corrected chi connectivity index (χ4v) is 4.37. The Balaban J connectivity index is 1.57. The molecule has 2 aromatic rings. The van der Waals surface area contributed by atoms with Gasteiger partial charge in [0.1, 0.15) is 0 Å². The first-order valence-electron chi connectivity index (χ1n) is 9.98. The number of nitrogens with one attached hydrogen (secondary N) is 1. The monoisotopic (exact) mass is 390 g/mol. The normalized spacial score (nSPS) is 17.8. The van der Waals surface area contributed by atoms with Gasteiger partial charge in [0.05, 0.1) is 17.8 Å². The number of primary amides is 1. The molecule has 6 heteroatoms. The van der Waals surface area contributed by atoms with Gasteiger partial charge in [-0.15, -0.1) is 0 Å². The van der Waals surface area contributed by atoms with Crippen molar-refractivity contribution in [3.05, 3.63) is 82.7 Å². The lowest BCUT2D eigenvalue weighted by Crippen LogP contribution is -2.44. The first kappa shape index (κ1) is 19.1. The Morgan fingerprint density at radius 3 is 2.66 bits per heavy atom. The number of rotatable bonds is 4. The van der Waals surface area contributed by atoms with E-state index in [0.29, 0.717) is 31.7 Å². The minimum Gasteiger partial charge on any atom is -0.366 e. The maximum absolute atomic E-state index is 12.7. The maximum atomic E-state index is 12.7. The molecule has 29 heavy (non-hydrogen) atoms. The Morgan fingerprint density at radius 1 is 1.17 bits per heavy atom. The highest BCUT2D eigenvalue weighted by molar-refractivity contribution is 5.96. The molecule has 150 valence electrons. The average Bonchev–Trinajstić information content (AvgIpc) is 3.04. The first-order chi connectivity index (χ1) is 14.1. The van der Waals surface area contributed by atoms with Crippen LogP contribution in [0.4, 0.5) is 4.79 Å². The molecule has 1 aromatic heterocycles. The highest BCUT2D eigenvalue weighted by atomic mass is 16.2. The lowest BCUT2D eigenvalue weighted by atomic mass is 9.93. The molecule has 2 aliphatic rings. The van der Waals surface area contributed by atoms with Gasteiger partial charge in [-0.3, -0.25) is 4.79 Å². The van der Waals surface area contributed by atoms with E-state index in [1.165, 1.54) is 0 Å². The quantitative estimate of drug-likeness (QED) is 0.841. The Labute approximate surface area is 170 Å². The molecule has 0 fully saturated rings. The molecule has 0 saturated heterocycles. The summed E-state index contributed by atoms with van der Waals surface area (Å²) in [5, 5.41) is 2.97. The van der Waals surface area contributed by atoms with Crippen molar-refractivity contribution in [3.63, 3.8) is 0 Å². The van der Waals surface area contributed by atoms with E-state index in [4.69, 9.17) is 5.73 Å². The Morgan fingerprint density at radius 2 is 1.97 bits per heavy atom. The molecule has 0 spiro atoms. The fraction of sp³-hybridized carbons (Fsp3) is 0.304. The van der Waals surface area contributed by atoms with Crippen LogP contribution in [0.2, 0.25) is 0 Å². The molecule has 1 aliphatic carbocycles. The van der Waals surface area contributed by atoms with Gasteiger partial charge in [0.2, 0.25) is 0 Å². The lowest BCUT2D eigenvalue weighted by molar-refractivity contribution is 0.0996. The second-order valence-electron chi connectivity index (χ2n) is 7.57. The molecule has 1 aromatic carbocycles. The van der Waals surface area contributed by atoms with Crippen LogP contribution in [-0.2, 0) is 19.6 Å². The third kappa shape index (κ3) is 3.70. The number of aromatic nitrogens is 1. The van der Waals surface area contributed by atoms with Gasteiger partial charge in [-0.25, -0.2) is 4.79 Å². The molecule has 3 amide bonds. The van der Waals surface area contributed by atoms with Crippen molar-refractivity contribution in [3.8, 4) is 0 Å². The van der Waals surface area contributed by atoms with Gasteiger partial charge in [0.25, 0.3) is 5.91 Å². The van der Waals surface area contributed by atoms with Crippen LogP contribution in [-0.4, -0.2) is 28.0 Å². The molecule has 1 unspecified atom stereocenters. The highest BCUT2D eigenvalue weighted by Gasteiger charge is 2.31. The predicted molar refractivity (Wildman–Crippen MR) is 112 cm³/mol. The lowest BCUT2D eigenvalue weighted by Gasteiger charge is -2.31. The summed E-state index contributed by atoms with van der Waals surface area (Å²) in [5.41, 5.74) is 10.3. The minimum absolute atomic E-state index is 0.128. The van der Waals surface area contributed by atoms with Crippen molar-refractivity contribution in [1.82, 2.24) is 14.8 Å². The van der Waals surface area contributed by atoms with Crippen molar-refractivity contribution in [2.75, 3.05) is 6.54 Å². The van der Waals surface area contributed by atoms with E-state index < -0.39 is 5.91 Å². The molecule has 1 aliphatic heterocycles. The number of nitrogens with zero attached hydrogens (tertiary/aromatic N) is 2. The zero-order chi connectivity index (χ0) is 20.4. The molecular weight excluding hydrogens is 364 g/mol. The van der Waals surface area contributed by atoms with Gasteiger partial charge in [-0.05, 0) is 24.5 Å². The van der Waals surface area contributed by atoms with Crippen molar-refractivity contribution in [2.24, 2.45) is 5.73 Å². The summed E-state index contributed by atoms with van der Waals surface area (Å²) in [6, 6.07) is 9.69. The predicted octanol–water partition coefficient (Wildman–Crippen LogP) is 3.22. The number of fused-ring (bicyclic) bond motifs is 1. The molecule has 1 atom stereocenters. The van der Waals surface area contributed by atoms with Crippen LogP contribution in [0.25, 0.3) is 0 Å². The van der Waals surface area contributed by atoms with Gasteiger partial charge in [0, 0.05) is 31.2 Å². The van der Waals surface area contributed by atoms with Crippen molar-refractivity contribution in [2.45, 2.75) is 38.9 Å². The van der Waals surface area contributed by atoms with E-state index in [1.54, 1.807) is 4.90 Å². The van der Waals surface area contributed by atoms with E-state index in [-0.39, 0.29) is 11.9 Å². The van der Waals surface area contributed by atoms with Crippen LogP contribution in [0.3, 0.4) is 0 Å². The number of hydrogen-bond donors (Lipinski definition) is 2. The zero-order valence-electron chi connectivity index (χ0n) is 16.6. The summed E-state index contributed by atoms with van der Waals surface area (Å²) in [4.78, 5) is 26.7. The van der Waals surface area contributed by atoms with Crippen LogP contribution in [0, 0.1) is 6.92 Å². The van der Waals surface area contributed by atoms with Gasteiger partial charge >= 0.3 is 6.03 Å². The first-order valence-corrected chi connectivity index (χ1v) is 9.98. The Bertz CT molecular complexity index is 988. The van der Waals surface area contributed by atoms with E-state index >= 15 is 0 Å². The summed E-state index contributed by atoms with van der Waals surface area (Å²) < 4.78 is 2.20. The summed E-state index contributed by atoms with van der Waals surface area (Å²) in [6.45, 7) is 4.08. The number of benzene rings is 1. The summed E-state index contributed by atoms with van der Waals surface area (Å²) in [7, 11) is 0. The fourth-order valence-electron chi connectivity index (χ4n) is 4.37. The van der Waals surface area contributed by atoms with Crippen LogP contribution < -0.4 is 11.1 Å². The van der Waals surface area contributed by atoms with Gasteiger partial charge in [-0.2, -0.15) is 0 Å². The molecule has 6 nitrogen and oxygen atoms in total. The molecule has 4 rings (SSSR count). The number of nitrogens with two attached hydrogens (primary N) is 1. The van der Waals surface area contributed by atoms with Gasteiger partial charge in [-0.1, -0.05) is 54.6 Å². The number of hydrogen-bond acceptors (Lipinski definition) is 2. The second-order valence-corrected chi connectivity index (χ2v) is 7.57. The van der Waals surface area contributed by atoms with E-state index in [2.05, 4.69) is 22.0 Å². The maximum Gasteiger partial charge on any atom is 0.318 e. The molecule has 0 radical (unpaired) electrons. The van der Waals surface area contributed by atoms with Crippen molar-refractivity contribution in [1.29, 1.82) is 0 Å². The smallest absolute Gasteiger partial charge is 0.318 e. The number of allylic oxidation sites excluding steroid dienone is 4. The standard InChI is InChI=1S/C23H26N4O2/c1-16-20(22(24)28)19-15-26(23(29)25-14-17-8-4-2-5-9-17)12-13-27(19)21(16)18-10-6-3-7-11-18/h2-10,18H,11-15H2,1H3,(H2,24,28)(H,25,29). The third-order valence-corrected chi connectivity index (χ3v) is 5.75. The zero-order valence-corrected chi connectivity index (χ0v) is 16.6. The molecule has 0 saturated carbocycles. The van der Waals surface area contributed by atoms with Gasteiger partial charge in [0.15, 0.2) is 0 Å². The summed E-state index contributed by atoms with van der Waals surface area (Å²) in [5.74, 6) is -0.204. The average molecular weight is 390 g/mol. The largest absolute Gasteiger partial charge is 0.366 e. The number of urea groups is 1. The van der Waals surface area contributed by atoms with Crippen LogP contribution in [0.15, 0.2) is 54.6 Å². The third-order valence-electron chi connectivity index (χ3n) is 5.75. The van der Waals surface area contributed by atoms with E-state index in [9.17, 15) is 9.59 Å². The Hall–Kier alpha value is -3.28. The Kier molecular flexibility index (Phi) is 5.25. The summed E-state index contributed by atoms with van der Waals surface area (Å²) >= 11 is 0. The van der Waals surface area contributed by atoms with Crippen molar-refractivity contribution < 1.29 is 9.59 Å².